The Labute approximate surface area is 129 Å². The molecule has 4 rings (SSSR count). The maximum Gasteiger partial charge on any atom is 0.155 e. The number of hydrogen-bond donors (Lipinski definition) is 0. The van der Waals surface area contributed by atoms with Crippen LogP contribution < -0.4 is 0 Å². The molecule has 6 nitrogen and oxygen atoms in total. The molecule has 1 fully saturated rings. The molecule has 6 heteroatoms. The molecule has 1 saturated heterocycles. The predicted octanol–water partition coefficient (Wildman–Crippen LogP) is 1.84. The zero-order valence-electron chi connectivity index (χ0n) is 12.5. The van der Waals surface area contributed by atoms with Crippen LogP contribution in [0.2, 0.25) is 0 Å². The minimum atomic E-state index is 0.708. The number of imidazole rings is 1. The number of rotatable bonds is 4. The van der Waals surface area contributed by atoms with Gasteiger partial charge < -0.3 is 4.57 Å². The fourth-order valence-corrected chi connectivity index (χ4v) is 3.35. The lowest BCUT2D eigenvalue weighted by Gasteiger charge is -2.32. The van der Waals surface area contributed by atoms with Crippen LogP contribution in [0.4, 0.5) is 0 Å². The summed E-state index contributed by atoms with van der Waals surface area (Å²) in [4.78, 5) is 10.9. The number of piperidine rings is 1. The van der Waals surface area contributed by atoms with Gasteiger partial charge in [0.05, 0.1) is 6.33 Å². The summed E-state index contributed by atoms with van der Waals surface area (Å²) < 4.78 is 4.00. The van der Waals surface area contributed by atoms with Crippen LogP contribution in [0.25, 0.3) is 5.65 Å². The van der Waals surface area contributed by atoms with Gasteiger partial charge in [0.25, 0.3) is 0 Å². The summed E-state index contributed by atoms with van der Waals surface area (Å²) in [5, 5.41) is 4.14. The summed E-state index contributed by atoms with van der Waals surface area (Å²) in [6.45, 7) is 4.39. The highest BCUT2D eigenvalue weighted by atomic mass is 15.3. The van der Waals surface area contributed by atoms with Crippen molar-refractivity contribution in [3.63, 3.8) is 0 Å². The van der Waals surface area contributed by atoms with Gasteiger partial charge in [0.2, 0.25) is 0 Å². The van der Waals surface area contributed by atoms with Gasteiger partial charge in [-0.25, -0.2) is 14.5 Å². The zero-order valence-corrected chi connectivity index (χ0v) is 12.5. The van der Waals surface area contributed by atoms with E-state index in [1.54, 1.807) is 6.33 Å². The van der Waals surface area contributed by atoms with Gasteiger partial charge >= 0.3 is 0 Å². The number of fused-ring (bicyclic) bond motifs is 1. The summed E-state index contributed by atoms with van der Waals surface area (Å²) in [6, 6.07) is 4.27. The number of pyridine rings is 1. The molecule has 3 aromatic rings. The van der Waals surface area contributed by atoms with Gasteiger partial charge in [0.15, 0.2) is 5.65 Å². The van der Waals surface area contributed by atoms with Gasteiger partial charge in [0, 0.05) is 38.2 Å². The molecule has 22 heavy (non-hydrogen) atoms. The van der Waals surface area contributed by atoms with E-state index in [9.17, 15) is 0 Å². The summed E-state index contributed by atoms with van der Waals surface area (Å²) in [5.41, 5.74) is 2.23. The number of hydrogen-bond acceptors (Lipinski definition) is 4. The topological polar surface area (TPSA) is 51.2 Å². The van der Waals surface area contributed by atoms with Crippen molar-refractivity contribution >= 4 is 5.65 Å². The average Bonchev–Trinajstić information content (AvgIpc) is 3.18. The minimum absolute atomic E-state index is 0.708. The predicted molar refractivity (Wildman–Crippen MR) is 83.2 cm³/mol. The van der Waals surface area contributed by atoms with Gasteiger partial charge in [-0.1, -0.05) is 0 Å². The molecule has 1 atom stereocenters. The molecule has 0 bridgehead atoms. The van der Waals surface area contributed by atoms with E-state index >= 15 is 0 Å². The van der Waals surface area contributed by atoms with Crippen molar-refractivity contribution in [2.45, 2.75) is 25.9 Å². The zero-order chi connectivity index (χ0) is 14.8. The maximum atomic E-state index is 4.26. The minimum Gasteiger partial charge on any atom is -0.337 e. The Bertz CT molecular complexity index is 732. The smallest absolute Gasteiger partial charge is 0.155 e. The SMILES string of the molecule is c1cn(CC2CCCN(Cc3ccn4ncnc4c3)C2)cn1. The Morgan fingerprint density at radius 3 is 3.18 bits per heavy atom. The fraction of sp³-hybridized carbons (Fsp3) is 0.438. The van der Waals surface area contributed by atoms with Crippen molar-refractivity contribution in [1.82, 2.24) is 29.0 Å². The lowest BCUT2D eigenvalue weighted by atomic mass is 9.97. The van der Waals surface area contributed by atoms with Crippen LogP contribution in [0.1, 0.15) is 18.4 Å². The van der Waals surface area contributed by atoms with Crippen molar-refractivity contribution in [1.29, 1.82) is 0 Å². The quantitative estimate of drug-likeness (QED) is 0.737. The summed E-state index contributed by atoms with van der Waals surface area (Å²) >= 11 is 0. The maximum absolute atomic E-state index is 4.26. The molecule has 0 aromatic carbocycles. The van der Waals surface area contributed by atoms with Gasteiger partial charge in [-0.05, 0) is 43.0 Å². The van der Waals surface area contributed by atoms with Crippen molar-refractivity contribution in [3.8, 4) is 0 Å². The van der Waals surface area contributed by atoms with Gasteiger partial charge in [-0.2, -0.15) is 5.10 Å². The second-order valence-corrected chi connectivity index (χ2v) is 6.10. The molecule has 1 unspecified atom stereocenters. The number of aromatic nitrogens is 5. The first-order chi connectivity index (χ1) is 10.9. The molecule has 0 amide bonds. The molecule has 0 N–H and O–H groups in total. The molecular formula is C16H20N6. The van der Waals surface area contributed by atoms with Crippen LogP contribution in [-0.4, -0.2) is 42.1 Å². The van der Waals surface area contributed by atoms with Crippen LogP contribution in [0.5, 0.6) is 0 Å². The monoisotopic (exact) mass is 296 g/mol. The Balaban J connectivity index is 1.41. The van der Waals surface area contributed by atoms with Crippen molar-refractivity contribution in [2.75, 3.05) is 13.1 Å². The number of likely N-dealkylation sites (tertiary alicyclic amines) is 1. The van der Waals surface area contributed by atoms with Crippen LogP contribution in [0.3, 0.4) is 0 Å². The summed E-state index contributed by atoms with van der Waals surface area (Å²) in [7, 11) is 0. The molecule has 0 saturated carbocycles. The van der Waals surface area contributed by atoms with Gasteiger partial charge in [-0.15, -0.1) is 0 Å². The van der Waals surface area contributed by atoms with Crippen molar-refractivity contribution < 1.29 is 0 Å². The lowest BCUT2D eigenvalue weighted by Crippen LogP contribution is -2.36. The second kappa shape index (κ2) is 5.88. The molecule has 0 spiro atoms. The normalized spacial score (nSPS) is 19.7. The first-order valence-corrected chi connectivity index (χ1v) is 7.83. The van der Waals surface area contributed by atoms with Crippen LogP contribution in [0.15, 0.2) is 43.4 Å². The van der Waals surface area contributed by atoms with E-state index in [-0.39, 0.29) is 0 Å². The Hall–Kier alpha value is -2.21. The summed E-state index contributed by atoms with van der Waals surface area (Å²) in [6.07, 6.45) is 12.0. The lowest BCUT2D eigenvalue weighted by molar-refractivity contribution is 0.156. The first-order valence-electron chi connectivity index (χ1n) is 7.83. The molecule has 1 aliphatic rings. The van der Waals surface area contributed by atoms with E-state index in [0.29, 0.717) is 5.92 Å². The number of nitrogens with zero attached hydrogens (tertiary/aromatic N) is 6. The third-order valence-electron chi connectivity index (χ3n) is 4.38. The highest BCUT2D eigenvalue weighted by Crippen LogP contribution is 2.20. The highest BCUT2D eigenvalue weighted by molar-refractivity contribution is 5.39. The molecule has 0 radical (unpaired) electrons. The average molecular weight is 296 g/mol. The third kappa shape index (κ3) is 2.87. The standard InChI is InChI=1S/C16H20N6/c1-2-15(11-21-7-4-17-13-21)10-20(5-1)9-14-3-6-22-16(8-14)18-12-19-22/h3-4,6-8,12-13,15H,1-2,5,9-11H2. The molecular weight excluding hydrogens is 276 g/mol. The first kappa shape index (κ1) is 13.5. The molecule has 3 aromatic heterocycles. The van der Waals surface area contributed by atoms with E-state index in [2.05, 4.69) is 42.9 Å². The highest BCUT2D eigenvalue weighted by Gasteiger charge is 2.20. The Morgan fingerprint density at radius 2 is 2.27 bits per heavy atom. The van der Waals surface area contributed by atoms with Crippen LogP contribution >= 0.6 is 0 Å². The van der Waals surface area contributed by atoms with E-state index in [1.165, 1.54) is 24.9 Å². The van der Waals surface area contributed by atoms with Crippen LogP contribution in [0, 0.1) is 5.92 Å². The third-order valence-corrected chi connectivity index (χ3v) is 4.38. The Kier molecular flexibility index (Phi) is 3.60. The van der Waals surface area contributed by atoms with Crippen molar-refractivity contribution in [3.05, 3.63) is 48.9 Å². The second-order valence-electron chi connectivity index (χ2n) is 6.10. The van der Waals surface area contributed by atoms with E-state index in [1.807, 2.05) is 23.2 Å². The molecule has 114 valence electrons. The van der Waals surface area contributed by atoms with Crippen molar-refractivity contribution in [2.24, 2.45) is 5.92 Å². The van der Waals surface area contributed by atoms with E-state index in [4.69, 9.17) is 0 Å². The van der Waals surface area contributed by atoms with Gasteiger partial charge in [-0.3, -0.25) is 4.90 Å². The molecule has 0 aliphatic carbocycles. The van der Waals surface area contributed by atoms with Crippen LogP contribution in [-0.2, 0) is 13.1 Å². The molecule has 4 heterocycles. The summed E-state index contributed by atoms with van der Waals surface area (Å²) in [5.74, 6) is 0.708. The largest absolute Gasteiger partial charge is 0.337 e. The van der Waals surface area contributed by atoms with E-state index < -0.39 is 0 Å². The molecule has 1 aliphatic heterocycles. The fourth-order valence-electron chi connectivity index (χ4n) is 3.35. The van der Waals surface area contributed by atoms with Gasteiger partial charge in [0.1, 0.15) is 6.33 Å². The Morgan fingerprint density at radius 1 is 1.27 bits per heavy atom. The van der Waals surface area contributed by atoms with E-state index in [0.717, 1.165) is 25.3 Å².